The molecule has 0 atom stereocenters. The minimum Gasteiger partial charge on any atom is -0.493 e. The molecular weight excluding hydrogens is 420 g/mol. The molecule has 4 aromatic rings. The van der Waals surface area contributed by atoms with Crippen LogP contribution in [0, 0.1) is 6.92 Å². The van der Waals surface area contributed by atoms with E-state index < -0.39 is 0 Å². The second-order valence-electron chi connectivity index (χ2n) is 6.61. The van der Waals surface area contributed by atoms with Gasteiger partial charge in [0, 0.05) is 27.2 Å². The molecule has 0 bridgehead atoms. The number of allylic oxidation sites excluding steroid dienone is 1. The molecule has 0 amide bonds. The number of hydrogen-bond donors (Lipinski definition) is 0. The number of halogens is 1. The highest BCUT2D eigenvalue weighted by atomic mass is 35.5. The van der Waals surface area contributed by atoms with E-state index in [-0.39, 0.29) is 5.78 Å². The number of rotatable bonds is 6. The van der Waals surface area contributed by atoms with Gasteiger partial charge in [0.05, 0.1) is 25.6 Å². The van der Waals surface area contributed by atoms with Crippen LogP contribution in [0.5, 0.6) is 11.5 Å². The molecule has 0 spiro atoms. The Morgan fingerprint density at radius 3 is 2.53 bits per heavy atom. The van der Waals surface area contributed by atoms with Crippen LogP contribution < -0.4 is 9.47 Å². The summed E-state index contributed by atoms with van der Waals surface area (Å²) >= 11 is 7.63. The van der Waals surface area contributed by atoms with Crippen molar-refractivity contribution in [2.45, 2.75) is 6.92 Å². The lowest BCUT2D eigenvalue weighted by Crippen LogP contribution is -1.98. The molecule has 7 heteroatoms. The van der Waals surface area contributed by atoms with Crippen molar-refractivity contribution in [3.63, 3.8) is 0 Å². The van der Waals surface area contributed by atoms with E-state index >= 15 is 0 Å². The van der Waals surface area contributed by atoms with Crippen molar-refractivity contribution >= 4 is 39.8 Å². The van der Waals surface area contributed by atoms with Crippen molar-refractivity contribution in [2.24, 2.45) is 0 Å². The quantitative estimate of drug-likeness (QED) is 0.276. The number of carbonyl (C=O) groups is 1. The first-order valence-corrected chi connectivity index (χ1v) is 10.4. The maximum atomic E-state index is 12.8. The fourth-order valence-electron chi connectivity index (χ4n) is 3.19. The van der Waals surface area contributed by atoms with E-state index in [1.54, 1.807) is 55.9 Å². The van der Waals surface area contributed by atoms with Gasteiger partial charge in [-0.2, -0.15) is 0 Å². The van der Waals surface area contributed by atoms with Crippen molar-refractivity contribution in [3.8, 4) is 22.8 Å². The standard InChI is InChI=1S/C23H19ClN2O3S/c1-14-13-26-18(22(25-23(26)30-14)15-4-7-17(24)8-5-15)9-10-19(27)16-6-11-20(28-2)21(12-16)29-3/h4-13H,1-3H3/b10-9+. The highest BCUT2D eigenvalue weighted by Crippen LogP contribution is 2.31. The van der Waals surface area contributed by atoms with E-state index in [4.69, 9.17) is 26.1 Å². The smallest absolute Gasteiger partial charge is 0.194 e. The summed E-state index contributed by atoms with van der Waals surface area (Å²) in [6.07, 6.45) is 5.37. The third-order valence-electron chi connectivity index (χ3n) is 4.66. The van der Waals surface area contributed by atoms with Gasteiger partial charge in [-0.1, -0.05) is 23.7 Å². The maximum absolute atomic E-state index is 12.8. The lowest BCUT2D eigenvalue weighted by atomic mass is 10.1. The van der Waals surface area contributed by atoms with Crippen molar-refractivity contribution in [2.75, 3.05) is 14.2 Å². The zero-order valence-electron chi connectivity index (χ0n) is 16.7. The van der Waals surface area contributed by atoms with Gasteiger partial charge in [-0.25, -0.2) is 4.98 Å². The predicted octanol–water partition coefficient (Wildman–Crippen LogP) is 5.94. The van der Waals surface area contributed by atoms with Crippen LogP contribution in [-0.4, -0.2) is 29.4 Å². The minimum absolute atomic E-state index is 0.139. The predicted molar refractivity (Wildman–Crippen MR) is 121 cm³/mol. The van der Waals surface area contributed by atoms with Gasteiger partial charge in [0.15, 0.2) is 22.2 Å². The van der Waals surface area contributed by atoms with Crippen LogP contribution in [0.3, 0.4) is 0 Å². The Hall–Kier alpha value is -3.09. The first-order chi connectivity index (χ1) is 14.5. The number of benzene rings is 2. The molecule has 5 nitrogen and oxygen atoms in total. The van der Waals surface area contributed by atoms with Crippen LogP contribution in [0.1, 0.15) is 20.9 Å². The molecular formula is C23H19ClN2O3S. The zero-order chi connectivity index (χ0) is 21.3. The molecule has 0 saturated heterocycles. The van der Waals surface area contributed by atoms with Crippen LogP contribution >= 0.6 is 22.9 Å². The maximum Gasteiger partial charge on any atom is 0.194 e. The van der Waals surface area contributed by atoms with E-state index in [9.17, 15) is 4.79 Å². The Labute approximate surface area is 183 Å². The Morgan fingerprint density at radius 1 is 1.10 bits per heavy atom. The van der Waals surface area contributed by atoms with Crippen molar-refractivity contribution in [3.05, 3.63) is 75.9 Å². The molecule has 4 rings (SSSR count). The molecule has 0 aliphatic carbocycles. The molecule has 0 aliphatic rings. The van der Waals surface area contributed by atoms with Crippen LogP contribution in [0.4, 0.5) is 0 Å². The molecule has 0 aliphatic heterocycles. The fourth-order valence-corrected chi connectivity index (χ4v) is 4.15. The first kappa shape index (κ1) is 20.2. The topological polar surface area (TPSA) is 52.8 Å². The normalized spacial score (nSPS) is 11.3. The van der Waals surface area contributed by atoms with Crippen LogP contribution in [0.15, 0.2) is 54.7 Å². The second kappa shape index (κ2) is 8.34. The van der Waals surface area contributed by atoms with Gasteiger partial charge in [-0.05, 0) is 49.4 Å². The average molecular weight is 439 g/mol. The fraction of sp³-hybridized carbons (Fsp3) is 0.130. The molecule has 0 unspecified atom stereocenters. The Kier molecular flexibility index (Phi) is 5.61. The summed E-state index contributed by atoms with van der Waals surface area (Å²) in [5.74, 6) is 0.952. The van der Waals surface area contributed by atoms with Gasteiger partial charge in [0.1, 0.15) is 0 Å². The first-order valence-electron chi connectivity index (χ1n) is 9.19. The number of ether oxygens (including phenoxy) is 2. The van der Waals surface area contributed by atoms with Crippen LogP contribution in [0.2, 0.25) is 5.02 Å². The summed E-state index contributed by atoms with van der Waals surface area (Å²) < 4.78 is 12.5. The molecule has 30 heavy (non-hydrogen) atoms. The number of nitrogens with zero attached hydrogens (tertiary/aromatic N) is 2. The van der Waals surface area contributed by atoms with Gasteiger partial charge >= 0.3 is 0 Å². The van der Waals surface area contributed by atoms with Crippen LogP contribution in [0.25, 0.3) is 22.3 Å². The molecule has 2 aromatic heterocycles. The number of aryl methyl sites for hydroxylation is 1. The third kappa shape index (κ3) is 3.84. The monoisotopic (exact) mass is 438 g/mol. The minimum atomic E-state index is -0.139. The lowest BCUT2D eigenvalue weighted by Gasteiger charge is -2.08. The molecule has 0 radical (unpaired) electrons. The Bertz CT molecular complexity index is 1260. The summed E-state index contributed by atoms with van der Waals surface area (Å²) in [6.45, 7) is 2.03. The number of thiazole rings is 1. The zero-order valence-corrected chi connectivity index (χ0v) is 18.3. The number of ketones is 1. The molecule has 2 heterocycles. The summed E-state index contributed by atoms with van der Waals surface area (Å²) in [5, 5.41) is 0.663. The van der Waals surface area contributed by atoms with Gasteiger partial charge in [0.2, 0.25) is 0 Å². The van der Waals surface area contributed by atoms with Crippen LogP contribution in [-0.2, 0) is 0 Å². The molecule has 0 N–H and O–H groups in total. The Balaban J connectivity index is 1.73. The Morgan fingerprint density at radius 2 is 1.83 bits per heavy atom. The second-order valence-corrected chi connectivity index (χ2v) is 8.26. The number of aromatic nitrogens is 2. The van der Waals surface area contributed by atoms with Crippen molar-refractivity contribution in [1.29, 1.82) is 0 Å². The van der Waals surface area contributed by atoms with E-state index in [2.05, 4.69) is 0 Å². The van der Waals surface area contributed by atoms with Gasteiger partial charge in [0.25, 0.3) is 0 Å². The van der Waals surface area contributed by atoms with Gasteiger partial charge in [-0.3, -0.25) is 9.20 Å². The number of imidazole rings is 1. The highest BCUT2D eigenvalue weighted by Gasteiger charge is 2.15. The summed E-state index contributed by atoms with van der Waals surface area (Å²) in [5.41, 5.74) is 3.09. The summed E-state index contributed by atoms with van der Waals surface area (Å²) in [6, 6.07) is 12.6. The summed E-state index contributed by atoms with van der Waals surface area (Å²) in [7, 11) is 3.10. The summed E-state index contributed by atoms with van der Waals surface area (Å²) in [4.78, 5) is 19.6. The SMILES string of the molecule is COc1ccc(C(=O)/C=C/c2c(-c3ccc(Cl)cc3)nc3sc(C)cn23)cc1OC. The number of fused-ring (bicyclic) bond motifs is 1. The number of carbonyl (C=O) groups excluding carboxylic acids is 1. The molecule has 0 fully saturated rings. The van der Waals surface area contributed by atoms with Gasteiger partial charge < -0.3 is 9.47 Å². The van der Waals surface area contributed by atoms with E-state index in [0.29, 0.717) is 22.1 Å². The molecule has 0 saturated carbocycles. The largest absolute Gasteiger partial charge is 0.493 e. The lowest BCUT2D eigenvalue weighted by molar-refractivity contribution is 0.104. The van der Waals surface area contributed by atoms with E-state index in [1.165, 1.54) is 0 Å². The van der Waals surface area contributed by atoms with Crippen molar-refractivity contribution < 1.29 is 14.3 Å². The number of methoxy groups -OCH3 is 2. The van der Waals surface area contributed by atoms with E-state index in [1.807, 2.05) is 41.8 Å². The molecule has 152 valence electrons. The average Bonchev–Trinajstić information content (AvgIpc) is 3.28. The van der Waals surface area contributed by atoms with Gasteiger partial charge in [-0.15, -0.1) is 11.3 Å². The van der Waals surface area contributed by atoms with Crippen molar-refractivity contribution in [1.82, 2.24) is 9.38 Å². The highest BCUT2D eigenvalue weighted by molar-refractivity contribution is 7.17. The third-order valence-corrected chi connectivity index (χ3v) is 5.81. The molecule has 2 aromatic carbocycles. The number of hydrogen-bond acceptors (Lipinski definition) is 5. The van der Waals surface area contributed by atoms with E-state index in [0.717, 1.165) is 26.8 Å².